The zero-order valence-electron chi connectivity index (χ0n) is 16.6. The number of nitrogens with zero attached hydrogens (tertiary/aromatic N) is 2. The number of aromatic nitrogens is 2. The SMILES string of the molecule is O=C(NC1CC12CCN(Cc1cnc(-c3ccccc3)s1)CC2)c1cccc(=O)[nH]1. The Balaban J connectivity index is 1.14. The maximum Gasteiger partial charge on any atom is 0.268 e. The van der Waals surface area contributed by atoms with Crippen LogP contribution >= 0.6 is 11.3 Å². The van der Waals surface area contributed by atoms with Gasteiger partial charge in [-0.15, -0.1) is 11.3 Å². The normalized spacial score (nSPS) is 20.2. The van der Waals surface area contributed by atoms with Gasteiger partial charge in [0.1, 0.15) is 10.7 Å². The van der Waals surface area contributed by atoms with Gasteiger partial charge in [-0.05, 0) is 43.8 Å². The number of piperidine rings is 1. The summed E-state index contributed by atoms with van der Waals surface area (Å²) in [6.07, 6.45) is 5.21. The first-order valence-corrected chi connectivity index (χ1v) is 11.2. The van der Waals surface area contributed by atoms with Crippen molar-refractivity contribution < 1.29 is 4.79 Å². The van der Waals surface area contributed by atoms with E-state index < -0.39 is 0 Å². The predicted molar refractivity (Wildman–Crippen MR) is 117 cm³/mol. The molecule has 1 saturated carbocycles. The number of amides is 1. The second-order valence-corrected chi connectivity index (χ2v) is 9.41. The van der Waals surface area contributed by atoms with E-state index in [4.69, 9.17) is 0 Å². The minimum absolute atomic E-state index is 0.185. The number of aromatic amines is 1. The van der Waals surface area contributed by atoms with E-state index in [9.17, 15) is 9.59 Å². The molecule has 1 atom stereocenters. The number of hydrogen-bond donors (Lipinski definition) is 2. The van der Waals surface area contributed by atoms with Crippen molar-refractivity contribution in [3.63, 3.8) is 0 Å². The monoisotopic (exact) mass is 420 g/mol. The van der Waals surface area contributed by atoms with Crippen LogP contribution in [0.15, 0.2) is 59.5 Å². The van der Waals surface area contributed by atoms with Crippen molar-refractivity contribution >= 4 is 17.2 Å². The molecule has 1 unspecified atom stereocenters. The summed E-state index contributed by atoms with van der Waals surface area (Å²) in [5.74, 6) is -0.185. The average Bonchev–Trinajstić information content (AvgIpc) is 3.19. The molecule has 0 bridgehead atoms. The van der Waals surface area contributed by atoms with Crippen LogP contribution in [0.5, 0.6) is 0 Å². The summed E-state index contributed by atoms with van der Waals surface area (Å²) in [5, 5.41) is 4.18. The lowest BCUT2D eigenvalue weighted by molar-refractivity contribution is 0.0929. The molecule has 154 valence electrons. The Labute approximate surface area is 179 Å². The molecule has 1 spiro atoms. The summed E-state index contributed by atoms with van der Waals surface area (Å²) in [7, 11) is 0. The van der Waals surface area contributed by atoms with Crippen LogP contribution in [0.4, 0.5) is 0 Å². The number of pyridine rings is 1. The first-order chi connectivity index (χ1) is 14.6. The van der Waals surface area contributed by atoms with Gasteiger partial charge in [0.15, 0.2) is 0 Å². The van der Waals surface area contributed by atoms with Gasteiger partial charge in [-0.2, -0.15) is 0 Å². The maximum atomic E-state index is 12.4. The second-order valence-electron chi connectivity index (χ2n) is 8.30. The number of carbonyl (C=O) groups is 1. The lowest BCUT2D eigenvalue weighted by Crippen LogP contribution is -2.38. The molecular formula is C23H24N4O2S. The van der Waals surface area contributed by atoms with Gasteiger partial charge in [0.2, 0.25) is 5.56 Å². The number of hydrogen-bond acceptors (Lipinski definition) is 5. The van der Waals surface area contributed by atoms with Gasteiger partial charge in [0.05, 0.1) is 0 Å². The minimum Gasteiger partial charge on any atom is -0.347 e. The molecule has 2 N–H and O–H groups in total. The molecule has 7 heteroatoms. The van der Waals surface area contributed by atoms with Crippen LogP contribution in [0.25, 0.3) is 10.6 Å². The van der Waals surface area contributed by atoms with Crippen molar-refractivity contribution in [3.8, 4) is 10.6 Å². The summed E-state index contributed by atoms with van der Waals surface area (Å²) in [4.78, 5) is 34.8. The number of rotatable bonds is 5. The third-order valence-electron chi connectivity index (χ3n) is 6.31. The van der Waals surface area contributed by atoms with Gasteiger partial charge >= 0.3 is 0 Å². The van der Waals surface area contributed by atoms with Gasteiger partial charge in [0, 0.05) is 35.3 Å². The van der Waals surface area contributed by atoms with Crippen molar-refractivity contribution in [1.29, 1.82) is 0 Å². The summed E-state index contributed by atoms with van der Waals surface area (Å²) < 4.78 is 0. The standard InChI is InChI=1S/C23H24N4O2S/c28-20-8-4-7-18(25-20)21(29)26-19-13-23(19)9-11-27(12-10-23)15-17-14-24-22(30-17)16-5-2-1-3-6-16/h1-8,14,19H,9-13,15H2,(H,25,28)(H,26,29). The molecule has 30 heavy (non-hydrogen) atoms. The first-order valence-electron chi connectivity index (χ1n) is 10.3. The average molecular weight is 421 g/mol. The van der Waals surface area contributed by atoms with Crippen molar-refractivity contribution in [2.75, 3.05) is 13.1 Å². The molecule has 3 heterocycles. The Hall–Kier alpha value is -2.77. The van der Waals surface area contributed by atoms with Gasteiger partial charge < -0.3 is 10.3 Å². The minimum atomic E-state index is -0.250. The van der Waals surface area contributed by atoms with Crippen LogP contribution in [0.3, 0.4) is 0 Å². The molecule has 3 aromatic rings. The molecule has 1 aliphatic heterocycles. The van der Waals surface area contributed by atoms with E-state index in [1.807, 2.05) is 24.4 Å². The number of carbonyl (C=O) groups excluding carboxylic acids is 1. The van der Waals surface area contributed by atoms with Crippen molar-refractivity contribution in [2.24, 2.45) is 5.41 Å². The summed E-state index contributed by atoms with van der Waals surface area (Å²) in [6.45, 7) is 3.00. The topological polar surface area (TPSA) is 78.1 Å². The Kier molecular flexibility index (Phi) is 5.00. The summed E-state index contributed by atoms with van der Waals surface area (Å²) in [5.41, 5.74) is 1.48. The van der Waals surface area contributed by atoms with E-state index >= 15 is 0 Å². The highest BCUT2D eigenvalue weighted by molar-refractivity contribution is 7.15. The number of thiazole rings is 1. The number of H-pyrrole nitrogens is 1. The largest absolute Gasteiger partial charge is 0.347 e. The fourth-order valence-electron chi connectivity index (χ4n) is 4.39. The van der Waals surface area contributed by atoms with Gasteiger partial charge in [0.25, 0.3) is 5.91 Å². The molecule has 2 aromatic heterocycles. The van der Waals surface area contributed by atoms with E-state index in [1.54, 1.807) is 23.5 Å². The van der Waals surface area contributed by atoms with Gasteiger partial charge in [-0.3, -0.25) is 14.5 Å². The van der Waals surface area contributed by atoms with E-state index in [1.165, 1.54) is 16.5 Å². The highest BCUT2D eigenvalue weighted by atomic mass is 32.1. The maximum absolute atomic E-state index is 12.4. The van der Waals surface area contributed by atoms with Crippen LogP contribution in [-0.2, 0) is 6.54 Å². The number of likely N-dealkylation sites (tertiary alicyclic amines) is 1. The fourth-order valence-corrected chi connectivity index (χ4v) is 5.35. The molecule has 1 aliphatic carbocycles. The highest BCUT2D eigenvalue weighted by Crippen LogP contribution is 2.54. The van der Waals surface area contributed by atoms with Crippen LogP contribution in [0, 0.1) is 5.41 Å². The van der Waals surface area contributed by atoms with Crippen molar-refractivity contribution in [2.45, 2.75) is 31.8 Å². The quantitative estimate of drug-likeness (QED) is 0.664. The van der Waals surface area contributed by atoms with Crippen LogP contribution in [0.2, 0.25) is 0 Å². The molecule has 0 radical (unpaired) electrons. The third kappa shape index (κ3) is 3.95. The molecule has 1 saturated heterocycles. The lowest BCUT2D eigenvalue weighted by atomic mass is 9.92. The summed E-state index contributed by atoms with van der Waals surface area (Å²) >= 11 is 1.76. The Bertz CT molecular complexity index is 1100. The zero-order valence-corrected chi connectivity index (χ0v) is 17.5. The van der Waals surface area contributed by atoms with Crippen molar-refractivity contribution in [3.05, 3.63) is 75.7 Å². The molecule has 2 aliphatic rings. The van der Waals surface area contributed by atoms with Gasteiger partial charge in [-0.1, -0.05) is 36.4 Å². The second kappa shape index (κ2) is 7.81. The fraction of sp³-hybridized carbons (Fsp3) is 0.348. The van der Waals surface area contributed by atoms with Crippen molar-refractivity contribution in [1.82, 2.24) is 20.2 Å². The third-order valence-corrected chi connectivity index (χ3v) is 7.34. The van der Waals surface area contributed by atoms with Gasteiger partial charge in [-0.25, -0.2) is 4.98 Å². The van der Waals surface area contributed by atoms with Crippen LogP contribution in [0.1, 0.15) is 34.6 Å². The van der Waals surface area contributed by atoms with Crippen LogP contribution < -0.4 is 10.9 Å². The smallest absolute Gasteiger partial charge is 0.268 e. The lowest BCUT2D eigenvalue weighted by Gasteiger charge is -2.32. The Morgan fingerprint density at radius 3 is 2.73 bits per heavy atom. The van der Waals surface area contributed by atoms with E-state index in [2.05, 4.69) is 32.3 Å². The van der Waals surface area contributed by atoms with E-state index in [0.717, 1.165) is 43.9 Å². The van der Waals surface area contributed by atoms with E-state index in [-0.39, 0.29) is 22.9 Å². The number of benzene rings is 1. The molecular weight excluding hydrogens is 396 g/mol. The highest BCUT2D eigenvalue weighted by Gasteiger charge is 2.55. The van der Waals surface area contributed by atoms with Crippen LogP contribution in [-0.4, -0.2) is 39.9 Å². The summed E-state index contributed by atoms with van der Waals surface area (Å²) in [6, 6.07) is 15.2. The molecule has 1 amide bonds. The number of nitrogens with one attached hydrogen (secondary N) is 2. The molecule has 1 aromatic carbocycles. The Morgan fingerprint density at radius 1 is 1.17 bits per heavy atom. The Morgan fingerprint density at radius 2 is 1.97 bits per heavy atom. The first kappa shape index (κ1) is 19.2. The molecule has 5 rings (SSSR count). The van der Waals surface area contributed by atoms with E-state index in [0.29, 0.717) is 5.69 Å². The molecule has 6 nitrogen and oxygen atoms in total. The molecule has 2 fully saturated rings. The predicted octanol–water partition coefficient (Wildman–Crippen LogP) is 3.28. The zero-order chi connectivity index (χ0) is 20.6.